The van der Waals surface area contributed by atoms with Gasteiger partial charge in [-0.2, -0.15) is 0 Å². The SMILES string of the molecule is CCO/C=C1/N=C(c2cccc3ccccc23)OC1=O. The molecule has 4 heteroatoms. The Morgan fingerprint density at radius 2 is 2.00 bits per heavy atom. The first-order chi connectivity index (χ1) is 9.79. The molecule has 20 heavy (non-hydrogen) atoms. The lowest BCUT2D eigenvalue weighted by Crippen LogP contribution is -2.06. The summed E-state index contributed by atoms with van der Waals surface area (Å²) in [5, 5.41) is 2.07. The highest BCUT2D eigenvalue weighted by atomic mass is 16.6. The normalized spacial score (nSPS) is 16.4. The molecule has 0 N–H and O–H groups in total. The van der Waals surface area contributed by atoms with Crippen molar-refractivity contribution in [1.29, 1.82) is 0 Å². The van der Waals surface area contributed by atoms with Crippen molar-refractivity contribution >= 4 is 22.6 Å². The Morgan fingerprint density at radius 3 is 2.85 bits per heavy atom. The zero-order chi connectivity index (χ0) is 13.9. The molecule has 0 spiro atoms. The van der Waals surface area contributed by atoms with Gasteiger partial charge in [0.05, 0.1) is 6.61 Å². The average Bonchev–Trinajstić information content (AvgIpc) is 2.85. The number of hydrogen-bond donors (Lipinski definition) is 0. The van der Waals surface area contributed by atoms with Crippen molar-refractivity contribution in [3.63, 3.8) is 0 Å². The molecule has 1 heterocycles. The summed E-state index contributed by atoms with van der Waals surface area (Å²) in [6, 6.07) is 13.7. The molecule has 0 saturated carbocycles. The lowest BCUT2D eigenvalue weighted by atomic mass is 10.0. The van der Waals surface area contributed by atoms with E-state index in [1.54, 1.807) is 0 Å². The highest BCUT2D eigenvalue weighted by Gasteiger charge is 2.25. The smallest absolute Gasteiger partial charge is 0.367 e. The largest absolute Gasteiger partial charge is 0.499 e. The van der Waals surface area contributed by atoms with Gasteiger partial charge in [-0.1, -0.05) is 36.4 Å². The van der Waals surface area contributed by atoms with Crippen molar-refractivity contribution in [3.8, 4) is 0 Å². The first-order valence-electron chi connectivity index (χ1n) is 6.40. The van der Waals surface area contributed by atoms with Crippen LogP contribution in [-0.4, -0.2) is 18.5 Å². The summed E-state index contributed by atoms with van der Waals surface area (Å²) >= 11 is 0. The van der Waals surface area contributed by atoms with Gasteiger partial charge in [-0.3, -0.25) is 0 Å². The van der Waals surface area contributed by atoms with E-state index in [4.69, 9.17) is 9.47 Å². The summed E-state index contributed by atoms with van der Waals surface area (Å²) in [7, 11) is 0. The Balaban J connectivity index is 2.06. The molecular weight excluding hydrogens is 254 g/mol. The molecule has 2 aromatic carbocycles. The number of nitrogens with zero attached hydrogens (tertiary/aromatic N) is 1. The second kappa shape index (κ2) is 5.17. The predicted molar refractivity (Wildman–Crippen MR) is 76.3 cm³/mol. The van der Waals surface area contributed by atoms with Gasteiger partial charge in [-0.25, -0.2) is 9.79 Å². The van der Waals surface area contributed by atoms with E-state index in [-0.39, 0.29) is 5.70 Å². The van der Waals surface area contributed by atoms with Crippen molar-refractivity contribution < 1.29 is 14.3 Å². The molecule has 1 aliphatic rings. The van der Waals surface area contributed by atoms with Gasteiger partial charge in [0.2, 0.25) is 5.90 Å². The fourth-order valence-corrected chi connectivity index (χ4v) is 2.08. The van der Waals surface area contributed by atoms with Crippen LogP contribution in [0.4, 0.5) is 0 Å². The lowest BCUT2D eigenvalue weighted by molar-refractivity contribution is -0.130. The molecule has 4 nitrogen and oxygen atoms in total. The third kappa shape index (κ3) is 2.16. The average molecular weight is 267 g/mol. The van der Waals surface area contributed by atoms with E-state index in [0.717, 1.165) is 16.3 Å². The van der Waals surface area contributed by atoms with E-state index in [9.17, 15) is 4.79 Å². The zero-order valence-electron chi connectivity index (χ0n) is 11.0. The first kappa shape index (κ1) is 12.4. The van der Waals surface area contributed by atoms with Gasteiger partial charge in [0.25, 0.3) is 0 Å². The minimum Gasteiger partial charge on any atom is -0.499 e. The highest BCUT2D eigenvalue weighted by molar-refractivity contribution is 6.16. The maximum atomic E-state index is 11.7. The minimum absolute atomic E-state index is 0.190. The Labute approximate surface area is 116 Å². The Bertz CT molecular complexity index is 726. The van der Waals surface area contributed by atoms with Crippen molar-refractivity contribution in [2.45, 2.75) is 6.92 Å². The van der Waals surface area contributed by atoms with Crippen LogP contribution in [0.3, 0.4) is 0 Å². The second-order valence-corrected chi connectivity index (χ2v) is 4.29. The van der Waals surface area contributed by atoms with Gasteiger partial charge in [-0.15, -0.1) is 0 Å². The van der Waals surface area contributed by atoms with Crippen LogP contribution in [0.1, 0.15) is 12.5 Å². The number of esters is 1. The Hall–Kier alpha value is -2.62. The number of carbonyl (C=O) groups is 1. The fraction of sp³-hybridized carbons (Fsp3) is 0.125. The van der Waals surface area contributed by atoms with Crippen LogP contribution in [0.15, 0.2) is 59.4 Å². The van der Waals surface area contributed by atoms with Crippen LogP contribution in [0, 0.1) is 0 Å². The van der Waals surface area contributed by atoms with Crippen LogP contribution in [-0.2, 0) is 14.3 Å². The summed E-state index contributed by atoms with van der Waals surface area (Å²) in [6.45, 7) is 2.32. The van der Waals surface area contributed by atoms with Gasteiger partial charge in [-0.05, 0) is 23.8 Å². The molecule has 0 unspecified atom stereocenters. The molecule has 2 aromatic rings. The number of cyclic esters (lactones) is 1. The molecule has 3 rings (SSSR count). The molecule has 100 valence electrons. The molecule has 0 saturated heterocycles. The summed E-state index contributed by atoms with van der Waals surface area (Å²) in [6.07, 6.45) is 1.33. The third-order valence-electron chi connectivity index (χ3n) is 3.00. The lowest BCUT2D eigenvalue weighted by Gasteiger charge is -2.04. The van der Waals surface area contributed by atoms with Gasteiger partial charge >= 0.3 is 5.97 Å². The molecule has 0 fully saturated rings. The second-order valence-electron chi connectivity index (χ2n) is 4.29. The minimum atomic E-state index is -0.485. The van der Waals surface area contributed by atoms with Crippen LogP contribution in [0.25, 0.3) is 10.8 Å². The number of carbonyl (C=O) groups excluding carboxylic acids is 1. The number of aliphatic imine (C=N–C) groups is 1. The molecular formula is C16H13NO3. The van der Waals surface area contributed by atoms with Crippen molar-refractivity contribution in [2.24, 2.45) is 4.99 Å². The number of hydrogen-bond acceptors (Lipinski definition) is 4. The van der Waals surface area contributed by atoms with E-state index in [0.29, 0.717) is 12.5 Å². The van der Waals surface area contributed by atoms with Gasteiger partial charge < -0.3 is 9.47 Å². The van der Waals surface area contributed by atoms with Crippen LogP contribution in [0.2, 0.25) is 0 Å². The van der Waals surface area contributed by atoms with Crippen molar-refractivity contribution in [2.75, 3.05) is 6.61 Å². The molecule has 0 aromatic heterocycles. The van der Waals surface area contributed by atoms with E-state index < -0.39 is 5.97 Å². The molecule has 0 atom stereocenters. The van der Waals surface area contributed by atoms with E-state index >= 15 is 0 Å². The monoisotopic (exact) mass is 267 g/mol. The summed E-state index contributed by atoms with van der Waals surface area (Å²) in [4.78, 5) is 15.9. The van der Waals surface area contributed by atoms with Crippen LogP contribution in [0.5, 0.6) is 0 Å². The van der Waals surface area contributed by atoms with Gasteiger partial charge in [0.1, 0.15) is 6.26 Å². The Kier molecular flexibility index (Phi) is 3.21. The maximum Gasteiger partial charge on any atom is 0.367 e. The zero-order valence-corrected chi connectivity index (χ0v) is 11.0. The van der Waals surface area contributed by atoms with E-state index in [1.165, 1.54) is 6.26 Å². The maximum absolute atomic E-state index is 11.7. The Morgan fingerprint density at radius 1 is 1.20 bits per heavy atom. The van der Waals surface area contributed by atoms with Crippen molar-refractivity contribution in [1.82, 2.24) is 0 Å². The predicted octanol–water partition coefficient (Wildman–Crippen LogP) is 3.02. The first-order valence-corrected chi connectivity index (χ1v) is 6.40. The number of fused-ring (bicyclic) bond motifs is 1. The summed E-state index contributed by atoms with van der Waals surface area (Å²) in [5.74, 6) is -0.167. The van der Waals surface area contributed by atoms with Crippen molar-refractivity contribution in [3.05, 3.63) is 60.0 Å². The molecule has 1 aliphatic heterocycles. The fourth-order valence-electron chi connectivity index (χ4n) is 2.08. The van der Waals surface area contributed by atoms with E-state index in [1.807, 2.05) is 49.4 Å². The third-order valence-corrected chi connectivity index (χ3v) is 3.00. The number of rotatable bonds is 3. The van der Waals surface area contributed by atoms with Crippen LogP contribution >= 0.6 is 0 Å². The van der Waals surface area contributed by atoms with Gasteiger partial charge in [0.15, 0.2) is 5.70 Å². The van der Waals surface area contributed by atoms with Crippen LogP contribution < -0.4 is 0 Å². The molecule has 0 bridgehead atoms. The molecule has 0 amide bonds. The van der Waals surface area contributed by atoms with Gasteiger partial charge in [0, 0.05) is 5.56 Å². The number of benzene rings is 2. The topological polar surface area (TPSA) is 47.9 Å². The summed E-state index contributed by atoms with van der Waals surface area (Å²) in [5.41, 5.74) is 0.992. The highest BCUT2D eigenvalue weighted by Crippen LogP contribution is 2.23. The standard InChI is InChI=1S/C16H13NO3/c1-2-19-10-14-16(18)20-15(17-14)13-9-5-7-11-6-3-4-8-12(11)13/h3-10H,2H2,1H3/b14-10+. The quantitative estimate of drug-likeness (QED) is 0.488. The summed E-state index contributed by atoms with van der Waals surface area (Å²) < 4.78 is 10.3. The van der Waals surface area contributed by atoms with E-state index in [2.05, 4.69) is 4.99 Å². The number of ether oxygens (including phenoxy) is 2. The molecule has 0 radical (unpaired) electrons. The molecule has 0 aliphatic carbocycles.